The third-order valence-electron chi connectivity index (χ3n) is 5.72. The van der Waals surface area contributed by atoms with Crippen LogP contribution in [0.3, 0.4) is 0 Å². The molecule has 0 unspecified atom stereocenters. The zero-order valence-corrected chi connectivity index (χ0v) is 24.8. The molecule has 14 nitrogen and oxygen atoms in total. The van der Waals surface area contributed by atoms with Crippen molar-refractivity contribution in [3.8, 4) is 0 Å². The SMILES string of the molecule is CC(=O)OC[C@H]1O[C@@H](O[C@H](C)[C@H](NC(=O)OC(C)(C)C)C(=O)OCc2ccccc2)[C@H](N)[C@@H](OC(C)=O)[C@@H]1OC(C)=O. The highest BCUT2D eigenvalue weighted by Crippen LogP contribution is 2.28. The Morgan fingerprint density at radius 3 is 2.07 bits per heavy atom. The van der Waals surface area contributed by atoms with Gasteiger partial charge >= 0.3 is 30.0 Å². The monoisotopic (exact) mass is 596 g/mol. The van der Waals surface area contributed by atoms with Crippen LogP contribution in [0.5, 0.6) is 0 Å². The third-order valence-corrected chi connectivity index (χ3v) is 5.72. The molecule has 2 rings (SSSR count). The van der Waals surface area contributed by atoms with E-state index < -0.39 is 85.0 Å². The Labute approximate surface area is 244 Å². The number of nitrogens with one attached hydrogen (secondary N) is 1. The van der Waals surface area contributed by atoms with Gasteiger partial charge in [-0.1, -0.05) is 30.3 Å². The average molecular weight is 597 g/mol. The summed E-state index contributed by atoms with van der Waals surface area (Å²) in [6.07, 6.45) is -7.13. The van der Waals surface area contributed by atoms with Crippen molar-refractivity contribution in [2.24, 2.45) is 5.73 Å². The topological polar surface area (TPSA) is 188 Å². The van der Waals surface area contributed by atoms with Crippen LogP contribution in [0.4, 0.5) is 4.79 Å². The molecule has 0 aliphatic carbocycles. The molecule has 1 aromatic rings. The molecule has 1 amide bonds. The molecular formula is C28H40N2O12. The summed E-state index contributed by atoms with van der Waals surface area (Å²) in [5.74, 6) is -2.95. The number of hydrogen-bond acceptors (Lipinski definition) is 13. The van der Waals surface area contributed by atoms with E-state index in [1.807, 2.05) is 6.07 Å². The highest BCUT2D eigenvalue weighted by molar-refractivity contribution is 5.82. The van der Waals surface area contributed by atoms with Gasteiger partial charge in [0.2, 0.25) is 0 Å². The molecule has 0 aromatic heterocycles. The zero-order valence-electron chi connectivity index (χ0n) is 24.8. The lowest BCUT2D eigenvalue weighted by atomic mass is 9.96. The molecule has 234 valence electrons. The van der Waals surface area contributed by atoms with E-state index in [4.69, 9.17) is 38.9 Å². The normalized spacial score (nSPS) is 23.5. The van der Waals surface area contributed by atoms with E-state index in [9.17, 15) is 24.0 Å². The molecule has 1 heterocycles. The second kappa shape index (κ2) is 15.5. The van der Waals surface area contributed by atoms with E-state index >= 15 is 0 Å². The highest BCUT2D eigenvalue weighted by Gasteiger charge is 2.50. The molecule has 1 aromatic carbocycles. The van der Waals surface area contributed by atoms with Crippen LogP contribution < -0.4 is 11.1 Å². The van der Waals surface area contributed by atoms with Gasteiger partial charge in [0, 0.05) is 20.8 Å². The molecule has 0 bridgehead atoms. The molecule has 0 saturated carbocycles. The van der Waals surface area contributed by atoms with Gasteiger partial charge in [0.05, 0.1) is 12.1 Å². The van der Waals surface area contributed by atoms with Crippen molar-refractivity contribution in [2.75, 3.05) is 6.61 Å². The fraction of sp³-hybridized carbons (Fsp3) is 0.607. The summed E-state index contributed by atoms with van der Waals surface area (Å²) in [5, 5.41) is 2.46. The molecule has 7 atom stereocenters. The van der Waals surface area contributed by atoms with Crippen molar-refractivity contribution in [1.82, 2.24) is 5.32 Å². The summed E-state index contributed by atoms with van der Waals surface area (Å²) < 4.78 is 38.3. The lowest BCUT2D eigenvalue weighted by Gasteiger charge is -2.44. The molecule has 1 saturated heterocycles. The first-order valence-corrected chi connectivity index (χ1v) is 13.3. The molecule has 14 heteroatoms. The first-order chi connectivity index (χ1) is 19.6. The number of benzene rings is 1. The summed E-state index contributed by atoms with van der Waals surface area (Å²) in [4.78, 5) is 61.0. The minimum absolute atomic E-state index is 0.0820. The molecule has 0 spiro atoms. The third kappa shape index (κ3) is 11.3. The van der Waals surface area contributed by atoms with E-state index in [2.05, 4.69) is 5.32 Å². The van der Waals surface area contributed by atoms with Gasteiger partial charge in [-0.25, -0.2) is 9.59 Å². The van der Waals surface area contributed by atoms with Gasteiger partial charge in [-0.05, 0) is 33.3 Å². The quantitative estimate of drug-likeness (QED) is 0.277. The number of carbonyl (C=O) groups excluding carboxylic acids is 5. The van der Waals surface area contributed by atoms with E-state index in [-0.39, 0.29) is 6.61 Å². The Kier molecular flexibility index (Phi) is 12.7. The van der Waals surface area contributed by atoms with Crippen molar-refractivity contribution in [1.29, 1.82) is 0 Å². The number of alkyl carbamates (subject to hydrolysis) is 1. The van der Waals surface area contributed by atoms with Crippen LogP contribution in [0.25, 0.3) is 0 Å². The number of nitrogens with two attached hydrogens (primary N) is 1. The van der Waals surface area contributed by atoms with Crippen molar-refractivity contribution < 1.29 is 57.1 Å². The lowest BCUT2D eigenvalue weighted by Crippen LogP contribution is -2.66. The molecule has 0 radical (unpaired) electrons. The van der Waals surface area contributed by atoms with Gasteiger partial charge in [0.25, 0.3) is 0 Å². The van der Waals surface area contributed by atoms with Gasteiger partial charge in [0.15, 0.2) is 24.5 Å². The van der Waals surface area contributed by atoms with E-state index in [0.29, 0.717) is 5.56 Å². The van der Waals surface area contributed by atoms with Crippen LogP contribution in [-0.4, -0.2) is 85.0 Å². The van der Waals surface area contributed by atoms with Gasteiger partial charge in [-0.2, -0.15) is 0 Å². The number of hydrogen-bond donors (Lipinski definition) is 2. The fourth-order valence-electron chi connectivity index (χ4n) is 3.97. The highest BCUT2D eigenvalue weighted by atomic mass is 16.7. The van der Waals surface area contributed by atoms with Crippen molar-refractivity contribution >= 4 is 30.0 Å². The smallest absolute Gasteiger partial charge is 0.408 e. The van der Waals surface area contributed by atoms with Crippen LogP contribution in [0.1, 0.15) is 54.0 Å². The number of rotatable bonds is 11. The lowest BCUT2D eigenvalue weighted by molar-refractivity contribution is -0.284. The van der Waals surface area contributed by atoms with Crippen molar-refractivity contribution in [3.63, 3.8) is 0 Å². The first-order valence-electron chi connectivity index (χ1n) is 13.3. The van der Waals surface area contributed by atoms with E-state index in [0.717, 1.165) is 13.8 Å². The van der Waals surface area contributed by atoms with E-state index in [1.54, 1.807) is 45.0 Å². The summed E-state index contributed by atoms with van der Waals surface area (Å²) in [6.45, 7) is 9.39. The maximum Gasteiger partial charge on any atom is 0.408 e. The predicted octanol–water partition coefficient (Wildman–Crippen LogP) is 1.51. The van der Waals surface area contributed by atoms with Gasteiger partial charge in [-0.15, -0.1) is 0 Å². The maximum absolute atomic E-state index is 13.2. The minimum Gasteiger partial charge on any atom is -0.463 e. The molecule has 1 aliphatic rings. The molecule has 42 heavy (non-hydrogen) atoms. The second-order valence-corrected chi connectivity index (χ2v) is 10.6. The van der Waals surface area contributed by atoms with Crippen molar-refractivity contribution in [2.45, 2.75) is 103 Å². The number of ether oxygens (including phenoxy) is 7. The summed E-state index contributed by atoms with van der Waals surface area (Å²) >= 11 is 0. The second-order valence-electron chi connectivity index (χ2n) is 10.6. The first kappa shape index (κ1) is 34.5. The Balaban J connectivity index is 2.31. The van der Waals surface area contributed by atoms with Gasteiger partial charge < -0.3 is 44.2 Å². The minimum atomic E-state index is -1.40. The Hall–Kier alpha value is -3.75. The van der Waals surface area contributed by atoms with Crippen LogP contribution in [0, 0.1) is 0 Å². The Bertz CT molecular complexity index is 1090. The van der Waals surface area contributed by atoms with Gasteiger partial charge in [0.1, 0.15) is 24.9 Å². The largest absolute Gasteiger partial charge is 0.463 e. The molecule has 1 aliphatic heterocycles. The maximum atomic E-state index is 13.2. The molecular weight excluding hydrogens is 556 g/mol. The summed E-state index contributed by atoms with van der Waals surface area (Å²) in [5.41, 5.74) is 6.19. The van der Waals surface area contributed by atoms with Crippen LogP contribution in [0.15, 0.2) is 30.3 Å². The van der Waals surface area contributed by atoms with Crippen LogP contribution in [0.2, 0.25) is 0 Å². The molecule has 3 N–H and O–H groups in total. The number of amides is 1. The molecule has 1 fully saturated rings. The predicted molar refractivity (Wildman–Crippen MR) is 144 cm³/mol. The van der Waals surface area contributed by atoms with Crippen LogP contribution >= 0.6 is 0 Å². The zero-order chi connectivity index (χ0) is 31.6. The average Bonchev–Trinajstić information content (AvgIpc) is 2.87. The van der Waals surface area contributed by atoms with Crippen LogP contribution in [-0.2, 0) is 58.9 Å². The summed E-state index contributed by atoms with van der Waals surface area (Å²) in [6, 6.07) is 6.25. The number of esters is 4. The standard InChI is InChI=1S/C28H40N2O12/c1-15(22(30-27(35)42-28(5,6)7)25(34)37-13-19-11-9-8-10-12-19)38-26-21(29)24(40-18(4)33)23(39-17(3)32)20(41-26)14-36-16(2)31/h8-12,15,20-24,26H,13-14,29H2,1-7H3,(H,30,35)/t15-,20-,21-,22+,23-,24-,26-/m1/s1. The fourth-order valence-corrected chi connectivity index (χ4v) is 3.97. The Morgan fingerprint density at radius 1 is 0.929 bits per heavy atom. The van der Waals surface area contributed by atoms with E-state index in [1.165, 1.54) is 13.8 Å². The number of carbonyl (C=O) groups is 5. The van der Waals surface area contributed by atoms with Gasteiger partial charge in [-0.3, -0.25) is 14.4 Å². The Morgan fingerprint density at radius 2 is 1.52 bits per heavy atom. The summed E-state index contributed by atoms with van der Waals surface area (Å²) in [7, 11) is 0. The van der Waals surface area contributed by atoms with Crippen molar-refractivity contribution in [3.05, 3.63) is 35.9 Å².